The Morgan fingerprint density at radius 2 is 1.78 bits per heavy atom. The number of aliphatic hydroxyl groups is 1. The van der Waals surface area contributed by atoms with Gasteiger partial charge in [-0.25, -0.2) is 4.68 Å². The molecule has 0 atom stereocenters. The maximum atomic E-state index is 12.0. The highest BCUT2D eigenvalue weighted by Crippen LogP contribution is 2.19. The van der Waals surface area contributed by atoms with Gasteiger partial charge in [0.05, 0.1) is 32.6 Å². The molecule has 2 N–H and O–H groups in total. The molecular formula is C20H22N4O3. The SMILES string of the molecule is O=C(NCCOCCO)c1cn(Cc2ccc(-c3ccccc3)cc2)nn1. The number of rotatable bonds is 9. The molecule has 0 aliphatic heterocycles. The van der Waals surface area contributed by atoms with Gasteiger partial charge in [0.1, 0.15) is 0 Å². The molecule has 0 spiro atoms. The van der Waals surface area contributed by atoms with E-state index in [4.69, 9.17) is 9.84 Å². The fourth-order valence-electron chi connectivity index (χ4n) is 2.59. The highest BCUT2D eigenvalue weighted by Gasteiger charge is 2.10. The second kappa shape index (κ2) is 9.61. The highest BCUT2D eigenvalue weighted by molar-refractivity contribution is 5.91. The summed E-state index contributed by atoms with van der Waals surface area (Å²) < 4.78 is 6.72. The van der Waals surface area contributed by atoms with Crippen molar-refractivity contribution in [3.8, 4) is 11.1 Å². The Balaban J connectivity index is 1.53. The highest BCUT2D eigenvalue weighted by atomic mass is 16.5. The maximum absolute atomic E-state index is 12.0. The number of amides is 1. The molecule has 0 saturated heterocycles. The summed E-state index contributed by atoms with van der Waals surface area (Å²) in [4.78, 5) is 12.0. The molecule has 0 saturated carbocycles. The van der Waals surface area contributed by atoms with Gasteiger partial charge in [-0.2, -0.15) is 0 Å². The number of carbonyl (C=O) groups excluding carboxylic acids is 1. The van der Waals surface area contributed by atoms with Crippen LogP contribution in [0.3, 0.4) is 0 Å². The van der Waals surface area contributed by atoms with Crippen molar-refractivity contribution in [2.45, 2.75) is 6.54 Å². The van der Waals surface area contributed by atoms with Gasteiger partial charge in [0.2, 0.25) is 0 Å². The summed E-state index contributed by atoms with van der Waals surface area (Å²) in [6.45, 7) is 1.46. The monoisotopic (exact) mass is 366 g/mol. The van der Waals surface area contributed by atoms with Crippen LogP contribution >= 0.6 is 0 Å². The van der Waals surface area contributed by atoms with E-state index in [1.807, 2.05) is 30.3 Å². The zero-order valence-corrected chi connectivity index (χ0v) is 14.9. The Hall–Kier alpha value is -3.03. The molecule has 2 aromatic carbocycles. The van der Waals surface area contributed by atoms with E-state index in [-0.39, 0.29) is 24.8 Å². The summed E-state index contributed by atoms with van der Waals surface area (Å²) in [6.07, 6.45) is 1.62. The van der Waals surface area contributed by atoms with Crippen molar-refractivity contribution < 1.29 is 14.6 Å². The van der Waals surface area contributed by atoms with Crippen molar-refractivity contribution in [3.05, 3.63) is 72.1 Å². The molecule has 3 aromatic rings. The maximum Gasteiger partial charge on any atom is 0.273 e. The van der Waals surface area contributed by atoms with E-state index in [1.165, 1.54) is 5.56 Å². The second-order valence-electron chi connectivity index (χ2n) is 5.96. The molecule has 7 nitrogen and oxygen atoms in total. The fraction of sp³-hybridized carbons (Fsp3) is 0.250. The van der Waals surface area contributed by atoms with Crippen LogP contribution in [0.2, 0.25) is 0 Å². The first-order valence-electron chi connectivity index (χ1n) is 8.77. The van der Waals surface area contributed by atoms with Crippen LogP contribution in [0.25, 0.3) is 11.1 Å². The first-order valence-corrected chi connectivity index (χ1v) is 8.77. The fourth-order valence-corrected chi connectivity index (χ4v) is 2.59. The minimum absolute atomic E-state index is 0.0331. The lowest BCUT2D eigenvalue weighted by atomic mass is 10.0. The van der Waals surface area contributed by atoms with Crippen LogP contribution in [0, 0.1) is 0 Å². The van der Waals surface area contributed by atoms with E-state index >= 15 is 0 Å². The molecule has 0 aliphatic carbocycles. The van der Waals surface area contributed by atoms with E-state index in [0.717, 1.165) is 11.1 Å². The third-order valence-corrected chi connectivity index (χ3v) is 3.94. The zero-order chi connectivity index (χ0) is 18.9. The molecule has 0 unspecified atom stereocenters. The van der Waals surface area contributed by atoms with Gasteiger partial charge >= 0.3 is 0 Å². The van der Waals surface area contributed by atoms with Gasteiger partial charge in [0.15, 0.2) is 5.69 Å². The van der Waals surface area contributed by atoms with E-state index < -0.39 is 0 Å². The Morgan fingerprint density at radius 1 is 1.04 bits per heavy atom. The van der Waals surface area contributed by atoms with Crippen LogP contribution in [-0.2, 0) is 11.3 Å². The first kappa shape index (κ1) is 18.8. The van der Waals surface area contributed by atoms with Gasteiger partial charge in [-0.1, -0.05) is 59.8 Å². The largest absolute Gasteiger partial charge is 0.394 e. The van der Waals surface area contributed by atoms with E-state index in [2.05, 4.69) is 39.9 Å². The smallest absolute Gasteiger partial charge is 0.273 e. The van der Waals surface area contributed by atoms with E-state index in [0.29, 0.717) is 19.7 Å². The lowest BCUT2D eigenvalue weighted by molar-refractivity contribution is 0.0835. The van der Waals surface area contributed by atoms with Gasteiger partial charge in [-0.3, -0.25) is 4.79 Å². The average molecular weight is 366 g/mol. The lowest BCUT2D eigenvalue weighted by Crippen LogP contribution is -2.27. The third-order valence-electron chi connectivity index (χ3n) is 3.94. The lowest BCUT2D eigenvalue weighted by Gasteiger charge is -2.05. The molecule has 7 heteroatoms. The molecule has 27 heavy (non-hydrogen) atoms. The minimum atomic E-state index is -0.298. The molecular weight excluding hydrogens is 344 g/mol. The number of nitrogens with zero attached hydrogens (tertiary/aromatic N) is 3. The molecule has 0 bridgehead atoms. The molecule has 0 fully saturated rings. The van der Waals surface area contributed by atoms with Crippen LogP contribution in [0.15, 0.2) is 60.8 Å². The number of aromatic nitrogens is 3. The van der Waals surface area contributed by atoms with Gasteiger partial charge in [-0.15, -0.1) is 5.10 Å². The van der Waals surface area contributed by atoms with E-state index in [1.54, 1.807) is 10.9 Å². The van der Waals surface area contributed by atoms with Gasteiger partial charge in [0.25, 0.3) is 5.91 Å². The predicted molar refractivity (Wildman–Crippen MR) is 101 cm³/mol. The summed E-state index contributed by atoms with van der Waals surface area (Å²) in [5.74, 6) is -0.298. The Labute approximate surface area is 157 Å². The summed E-state index contributed by atoms with van der Waals surface area (Å²) in [6, 6.07) is 18.4. The summed E-state index contributed by atoms with van der Waals surface area (Å²) in [7, 11) is 0. The van der Waals surface area contributed by atoms with E-state index in [9.17, 15) is 4.79 Å². The van der Waals surface area contributed by atoms with Crippen LogP contribution < -0.4 is 5.32 Å². The van der Waals surface area contributed by atoms with Crippen molar-refractivity contribution in [2.75, 3.05) is 26.4 Å². The standard InChI is InChI=1S/C20H22N4O3/c25-11-13-27-12-10-21-20(26)19-15-24(23-22-19)14-16-6-8-18(9-7-16)17-4-2-1-3-5-17/h1-9,15,25H,10-14H2,(H,21,26). The molecule has 0 aliphatic rings. The van der Waals surface area contributed by atoms with Gasteiger partial charge in [-0.05, 0) is 16.7 Å². The van der Waals surface area contributed by atoms with Crippen molar-refractivity contribution in [1.82, 2.24) is 20.3 Å². The van der Waals surface area contributed by atoms with Crippen molar-refractivity contribution >= 4 is 5.91 Å². The number of nitrogens with one attached hydrogen (secondary N) is 1. The second-order valence-corrected chi connectivity index (χ2v) is 5.96. The number of carbonyl (C=O) groups is 1. The van der Waals surface area contributed by atoms with Gasteiger partial charge in [0, 0.05) is 6.54 Å². The van der Waals surface area contributed by atoms with Crippen molar-refractivity contribution in [2.24, 2.45) is 0 Å². The third kappa shape index (κ3) is 5.47. The number of ether oxygens (including phenoxy) is 1. The molecule has 3 rings (SSSR count). The van der Waals surface area contributed by atoms with Crippen LogP contribution in [0.4, 0.5) is 0 Å². The van der Waals surface area contributed by atoms with Crippen LogP contribution in [0.1, 0.15) is 16.1 Å². The zero-order valence-electron chi connectivity index (χ0n) is 14.9. The average Bonchev–Trinajstić information content (AvgIpc) is 3.17. The normalized spacial score (nSPS) is 10.7. The van der Waals surface area contributed by atoms with Crippen molar-refractivity contribution in [3.63, 3.8) is 0 Å². The predicted octanol–water partition coefficient (Wildman–Crippen LogP) is 1.73. The Bertz CT molecular complexity index is 847. The minimum Gasteiger partial charge on any atom is -0.394 e. The van der Waals surface area contributed by atoms with Gasteiger partial charge < -0.3 is 15.2 Å². The topological polar surface area (TPSA) is 89.3 Å². The molecule has 0 radical (unpaired) electrons. The Morgan fingerprint density at radius 3 is 2.52 bits per heavy atom. The van der Waals surface area contributed by atoms with Crippen LogP contribution in [-0.4, -0.2) is 52.4 Å². The number of hydrogen-bond donors (Lipinski definition) is 2. The molecule has 1 heterocycles. The Kier molecular flexibility index (Phi) is 6.67. The summed E-state index contributed by atoms with van der Waals surface area (Å²) in [5.41, 5.74) is 3.66. The number of aliphatic hydroxyl groups excluding tert-OH is 1. The molecule has 1 aromatic heterocycles. The number of benzene rings is 2. The molecule has 140 valence electrons. The summed E-state index contributed by atoms with van der Waals surface area (Å²) >= 11 is 0. The summed E-state index contributed by atoms with van der Waals surface area (Å²) in [5, 5.41) is 19.2. The van der Waals surface area contributed by atoms with Crippen molar-refractivity contribution in [1.29, 1.82) is 0 Å². The van der Waals surface area contributed by atoms with Crippen LogP contribution in [0.5, 0.6) is 0 Å². The quantitative estimate of drug-likeness (QED) is 0.563. The first-order chi connectivity index (χ1) is 13.3. The number of hydrogen-bond acceptors (Lipinski definition) is 5. The molecule has 1 amide bonds.